The summed E-state index contributed by atoms with van der Waals surface area (Å²) in [6.07, 6.45) is -2.95. The highest BCUT2D eigenvalue weighted by Gasteiger charge is 2.38. The third-order valence-electron chi connectivity index (χ3n) is 1.59. The molecule has 0 aliphatic carbocycles. The van der Waals surface area contributed by atoms with E-state index in [1.54, 1.807) is 0 Å². The second-order valence-corrected chi connectivity index (χ2v) is 2.56. The molecule has 1 unspecified atom stereocenters. The Kier molecular flexibility index (Phi) is 4.49. The number of unbranched alkanes of at least 4 members (excludes halogenated alkanes) is 1. The highest BCUT2D eigenvalue weighted by molar-refractivity contribution is 4.65. The second kappa shape index (κ2) is 4.59. The molecule has 0 amide bonds. The molecule has 1 atom stereocenters. The molecule has 0 spiro atoms. The molecule has 4 heteroatoms. The molecule has 0 aliphatic heterocycles. The maximum absolute atomic E-state index is 11.9. The Hall–Kier alpha value is -0.250. The van der Waals surface area contributed by atoms with Gasteiger partial charge in [0.15, 0.2) is 0 Å². The summed E-state index contributed by atoms with van der Waals surface area (Å²) in [7, 11) is 0. The van der Waals surface area contributed by atoms with Crippen molar-refractivity contribution in [3.8, 4) is 0 Å². The smallest absolute Gasteiger partial charge is 0.394 e. The number of alkyl halides is 3. The predicted octanol–water partition coefficient (Wildman–Crippen LogP) is 2.35. The Balaban J connectivity index is 3.76. The zero-order chi connectivity index (χ0) is 8.91. The van der Waals surface area contributed by atoms with E-state index in [0.29, 0.717) is 6.42 Å². The molecule has 0 radical (unpaired) electrons. The van der Waals surface area contributed by atoms with E-state index >= 15 is 0 Å². The minimum Gasteiger partial charge on any atom is -0.396 e. The van der Waals surface area contributed by atoms with E-state index in [1.165, 1.54) is 0 Å². The van der Waals surface area contributed by atoms with Gasteiger partial charge in [-0.25, -0.2) is 0 Å². The molecule has 0 rings (SSSR count). The lowest BCUT2D eigenvalue weighted by Crippen LogP contribution is -2.25. The van der Waals surface area contributed by atoms with Crippen molar-refractivity contribution >= 4 is 0 Å². The number of aliphatic hydroxyl groups excluding tert-OH is 1. The van der Waals surface area contributed by atoms with Crippen LogP contribution in [-0.2, 0) is 0 Å². The SMILES string of the molecule is CCCCC(CO)C(F)(F)F. The second-order valence-electron chi connectivity index (χ2n) is 2.56. The average molecular weight is 170 g/mol. The molecule has 0 aliphatic rings. The molecule has 11 heavy (non-hydrogen) atoms. The first-order valence-corrected chi connectivity index (χ1v) is 3.70. The van der Waals surface area contributed by atoms with Gasteiger partial charge in [0.2, 0.25) is 0 Å². The molecule has 0 heterocycles. The molecule has 0 bridgehead atoms. The van der Waals surface area contributed by atoms with Gasteiger partial charge < -0.3 is 5.11 Å². The molecule has 1 N–H and O–H groups in total. The molecule has 0 aromatic rings. The monoisotopic (exact) mass is 170 g/mol. The maximum Gasteiger partial charge on any atom is 0.394 e. The van der Waals surface area contributed by atoms with E-state index in [-0.39, 0.29) is 6.42 Å². The fourth-order valence-electron chi connectivity index (χ4n) is 0.809. The normalized spacial score (nSPS) is 15.0. The summed E-state index contributed by atoms with van der Waals surface area (Å²) in [6, 6.07) is 0. The van der Waals surface area contributed by atoms with Gasteiger partial charge in [-0.05, 0) is 6.42 Å². The molecule has 0 fully saturated rings. The van der Waals surface area contributed by atoms with Gasteiger partial charge in [-0.1, -0.05) is 19.8 Å². The quantitative estimate of drug-likeness (QED) is 0.686. The van der Waals surface area contributed by atoms with Gasteiger partial charge in [-0.15, -0.1) is 0 Å². The van der Waals surface area contributed by atoms with Crippen LogP contribution >= 0.6 is 0 Å². The summed E-state index contributed by atoms with van der Waals surface area (Å²) in [6.45, 7) is 1.04. The van der Waals surface area contributed by atoms with Crippen molar-refractivity contribution in [3.63, 3.8) is 0 Å². The first-order valence-electron chi connectivity index (χ1n) is 3.70. The minimum absolute atomic E-state index is 0.0382. The van der Waals surface area contributed by atoms with E-state index in [0.717, 1.165) is 6.42 Å². The van der Waals surface area contributed by atoms with Crippen LogP contribution in [0.4, 0.5) is 13.2 Å². The Morgan fingerprint density at radius 1 is 1.36 bits per heavy atom. The average Bonchev–Trinajstić information content (AvgIpc) is 1.87. The van der Waals surface area contributed by atoms with Gasteiger partial charge in [-0.2, -0.15) is 13.2 Å². The van der Waals surface area contributed by atoms with Gasteiger partial charge in [0.05, 0.1) is 12.5 Å². The fraction of sp³-hybridized carbons (Fsp3) is 1.00. The maximum atomic E-state index is 11.9. The van der Waals surface area contributed by atoms with Crippen LogP contribution in [0.3, 0.4) is 0 Å². The number of hydrogen-bond donors (Lipinski definition) is 1. The molecule has 0 saturated heterocycles. The third-order valence-corrected chi connectivity index (χ3v) is 1.59. The Labute approximate surface area is 64.2 Å². The minimum atomic E-state index is -4.23. The first kappa shape index (κ1) is 10.8. The zero-order valence-corrected chi connectivity index (χ0v) is 6.49. The van der Waals surface area contributed by atoms with Crippen LogP contribution in [-0.4, -0.2) is 17.9 Å². The van der Waals surface area contributed by atoms with Crippen LogP contribution < -0.4 is 0 Å². The van der Waals surface area contributed by atoms with Crippen LogP contribution in [0, 0.1) is 5.92 Å². The highest BCUT2D eigenvalue weighted by Crippen LogP contribution is 2.29. The molecule has 1 nitrogen and oxygen atoms in total. The Morgan fingerprint density at radius 3 is 2.18 bits per heavy atom. The van der Waals surface area contributed by atoms with Crippen LogP contribution in [0.1, 0.15) is 26.2 Å². The van der Waals surface area contributed by atoms with Crippen LogP contribution in [0.15, 0.2) is 0 Å². The van der Waals surface area contributed by atoms with E-state index in [9.17, 15) is 13.2 Å². The van der Waals surface area contributed by atoms with Crippen LogP contribution in [0.25, 0.3) is 0 Å². The van der Waals surface area contributed by atoms with E-state index < -0.39 is 18.7 Å². The predicted molar refractivity (Wildman–Crippen MR) is 36.2 cm³/mol. The van der Waals surface area contributed by atoms with Crippen molar-refractivity contribution in [1.82, 2.24) is 0 Å². The summed E-state index contributed by atoms with van der Waals surface area (Å²) < 4.78 is 35.7. The molecule has 0 aromatic carbocycles. The van der Waals surface area contributed by atoms with Gasteiger partial charge in [0, 0.05) is 0 Å². The van der Waals surface area contributed by atoms with Crippen LogP contribution in [0.5, 0.6) is 0 Å². The zero-order valence-electron chi connectivity index (χ0n) is 6.49. The van der Waals surface area contributed by atoms with Gasteiger partial charge in [0.25, 0.3) is 0 Å². The highest BCUT2D eigenvalue weighted by atomic mass is 19.4. The van der Waals surface area contributed by atoms with Crippen LogP contribution in [0.2, 0.25) is 0 Å². The molecule has 0 saturated carbocycles. The van der Waals surface area contributed by atoms with Crippen molar-refractivity contribution in [2.75, 3.05) is 6.61 Å². The summed E-state index contributed by atoms with van der Waals surface area (Å²) in [5.41, 5.74) is 0. The van der Waals surface area contributed by atoms with Crippen molar-refractivity contribution in [2.45, 2.75) is 32.4 Å². The Morgan fingerprint density at radius 2 is 1.91 bits per heavy atom. The standard InChI is InChI=1S/C7H13F3O/c1-2-3-4-6(5-11)7(8,9)10/h6,11H,2-5H2,1H3. The largest absolute Gasteiger partial charge is 0.396 e. The van der Waals surface area contributed by atoms with Gasteiger partial charge in [0.1, 0.15) is 0 Å². The van der Waals surface area contributed by atoms with E-state index in [4.69, 9.17) is 5.11 Å². The van der Waals surface area contributed by atoms with Crippen molar-refractivity contribution in [1.29, 1.82) is 0 Å². The summed E-state index contributed by atoms with van der Waals surface area (Å²) >= 11 is 0. The number of rotatable bonds is 4. The lowest BCUT2D eigenvalue weighted by Gasteiger charge is -2.16. The molecular formula is C7H13F3O. The van der Waals surface area contributed by atoms with Gasteiger partial charge >= 0.3 is 6.18 Å². The van der Waals surface area contributed by atoms with Crippen molar-refractivity contribution in [2.24, 2.45) is 5.92 Å². The summed E-state index contributed by atoms with van der Waals surface area (Å²) in [4.78, 5) is 0. The van der Waals surface area contributed by atoms with E-state index in [1.807, 2.05) is 6.92 Å². The lowest BCUT2D eigenvalue weighted by molar-refractivity contribution is -0.185. The van der Waals surface area contributed by atoms with Crippen molar-refractivity contribution < 1.29 is 18.3 Å². The fourth-order valence-corrected chi connectivity index (χ4v) is 0.809. The summed E-state index contributed by atoms with van der Waals surface area (Å²) in [5, 5.41) is 8.37. The molecule has 68 valence electrons. The lowest BCUT2D eigenvalue weighted by atomic mass is 10.0. The van der Waals surface area contributed by atoms with E-state index in [2.05, 4.69) is 0 Å². The van der Waals surface area contributed by atoms with Gasteiger partial charge in [-0.3, -0.25) is 0 Å². The molecular weight excluding hydrogens is 157 g/mol. The number of hydrogen-bond acceptors (Lipinski definition) is 1. The Bertz CT molecular complexity index is 100. The topological polar surface area (TPSA) is 20.2 Å². The molecule has 0 aromatic heterocycles. The summed E-state index contributed by atoms with van der Waals surface area (Å²) in [5.74, 6) is -1.53. The first-order chi connectivity index (χ1) is 5.02. The number of aliphatic hydroxyl groups is 1. The number of halogens is 3. The third kappa shape index (κ3) is 4.24. The van der Waals surface area contributed by atoms with Crippen molar-refractivity contribution in [3.05, 3.63) is 0 Å².